The van der Waals surface area contributed by atoms with E-state index in [4.69, 9.17) is 14.2 Å². The summed E-state index contributed by atoms with van der Waals surface area (Å²) in [6.07, 6.45) is 0.786. The van der Waals surface area contributed by atoms with E-state index in [-0.39, 0.29) is 18.5 Å². The van der Waals surface area contributed by atoms with Crippen molar-refractivity contribution in [3.63, 3.8) is 0 Å². The van der Waals surface area contributed by atoms with Gasteiger partial charge < -0.3 is 24.4 Å². The number of hydrogen-bond acceptors (Lipinski definition) is 8. The average Bonchev–Trinajstić information content (AvgIpc) is 3.37. The Hall–Kier alpha value is -3.57. The third-order valence-electron chi connectivity index (χ3n) is 6.79. The summed E-state index contributed by atoms with van der Waals surface area (Å²) >= 11 is 1.44. The fourth-order valence-corrected chi connectivity index (χ4v) is 5.47. The first-order chi connectivity index (χ1) is 18.4. The number of nitrogens with zero attached hydrogens (tertiary/aromatic N) is 3. The standard InChI is InChI=1S/C27H34N4O6S/c1-5-37-26(33)23-19(17-30-11-7-12-31(14-13-30)25(32)22-8-6-15-38-22)29(2)27(34)28-24(23)18-9-10-20(35-3)21(16-18)36-4/h6,8-10,15-16,24H,5,7,11-14,17H2,1-4H3,(H,28,34). The molecule has 0 radical (unpaired) electrons. The van der Waals surface area contributed by atoms with Crippen LogP contribution < -0.4 is 14.8 Å². The lowest BCUT2D eigenvalue weighted by molar-refractivity contribution is -0.139. The first-order valence-corrected chi connectivity index (χ1v) is 13.5. The molecule has 1 aromatic carbocycles. The molecule has 204 valence electrons. The van der Waals surface area contributed by atoms with Gasteiger partial charge >= 0.3 is 12.0 Å². The summed E-state index contributed by atoms with van der Waals surface area (Å²) in [6.45, 7) is 4.88. The number of hydrogen-bond donors (Lipinski definition) is 1. The van der Waals surface area contributed by atoms with E-state index in [0.717, 1.165) is 17.8 Å². The summed E-state index contributed by atoms with van der Waals surface area (Å²) in [7, 11) is 4.74. The van der Waals surface area contributed by atoms with Crippen molar-refractivity contribution in [2.24, 2.45) is 0 Å². The number of likely N-dealkylation sites (N-methyl/N-ethyl adjacent to an activating group) is 1. The first kappa shape index (κ1) is 27.5. The van der Waals surface area contributed by atoms with Gasteiger partial charge in [-0.15, -0.1) is 11.3 Å². The number of amides is 3. The lowest BCUT2D eigenvalue weighted by Crippen LogP contribution is -2.49. The maximum absolute atomic E-state index is 13.3. The van der Waals surface area contributed by atoms with E-state index in [2.05, 4.69) is 10.2 Å². The van der Waals surface area contributed by atoms with Crippen LogP contribution in [-0.2, 0) is 9.53 Å². The number of thiophene rings is 1. The molecule has 3 amide bonds. The molecule has 0 spiro atoms. The Labute approximate surface area is 226 Å². The second kappa shape index (κ2) is 12.3. The third-order valence-corrected chi connectivity index (χ3v) is 7.65. The Morgan fingerprint density at radius 1 is 1.08 bits per heavy atom. The molecule has 1 saturated heterocycles. The molecular formula is C27H34N4O6S. The number of urea groups is 1. The van der Waals surface area contributed by atoms with Gasteiger partial charge in [-0.1, -0.05) is 12.1 Å². The lowest BCUT2D eigenvalue weighted by atomic mass is 9.94. The maximum atomic E-state index is 13.3. The van der Waals surface area contributed by atoms with Crippen LogP contribution in [0.25, 0.3) is 0 Å². The number of carbonyl (C=O) groups excluding carboxylic acids is 3. The van der Waals surface area contributed by atoms with Crippen molar-refractivity contribution in [2.75, 3.05) is 60.6 Å². The Kier molecular flexibility index (Phi) is 8.90. The topological polar surface area (TPSA) is 101 Å². The molecule has 2 aromatic rings. The second-order valence-electron chi connectivity index (χ2n) is 9.04. The number of methoxy groups -OCH3 is 2. The van der Waals surface area contributed by atoms with Crippen LogP contribution >= 0.6 is 11.3 Å². The summed E-state index contributed by atoms with van der Waals surface area (Å²) in [5.41, 5.74) is 1.62. The molecule has 1 unspecified atom stereocenters. The van der Waals surface area contributed by atoms with E-state index in [9.17, 15) is 14.4 Å². The molecule has 0 saturated carbocycles. The smallest absolute Gasteiger partial charge is 0.338 e. The lowest BCUT2D eigenvalue weighted by Gasteiger charge is -2.36. The summed E-state index contributed by atoms with van der Waals surface area (Å²) in [5, 5.41) is 4.84. The van der Waals surface area contributed by atoms with Crippen LogP contribution in [0.1, 0.15) is 34.6 Å². The Morgan fingerprint density at radius 2 is 1.87 bits per heavy atom. The normalized spacial score (nSPS) is 18.6. The highest BCUT2D eigenvalue weighted by molar-refractivity contribution is 7.12. The van der Waals surface area contributed by atoms with Crippen molar-refractivity contribution in [2.45, 2.75) is 19.4 Å². The van der Waals surface area contributed by atoms with Crippen LogP contribution in [0.5, 0.6) is 11.5 Å². The van der Waals surface area contributed by atoms with E-state index >= 15 is 0 Å². The Bertz CT molecular complexity index is 1200. The predicted octanol–water partition coefficient (Wildman–Crippen LogP) is 3.13. The fraction of sp³-hybridized carbons (Fsp3) is 0.444. The quantitative estimate of drug-likeness (QED) is 0.512. The van der Waals surface area contributed by atoms with Gasteiger partial charge in [0, 0.05) is 45.5 Å². The molecule has 0 aliphatic carbocycles. The van der Waals surface area contributed by atoms with Gasteiger partial charge in [0.15, 0.2) is 11.5 Å². The molecule has 1 atom stereocenters. The van der Waals surface area contributed by atoms with E-state index in [0.29, 0.717) is 54.5 Å². The zero-order valence-electron chi connectivity index (χ0n) is 22.2. The van der Waals surface area contributed by atoms with Crippen LogP contribution in [0.2, 0.25) is 0 Å². The number of carbonyl (C=O) groups is 3. The van der Waals surface area contributed by atoms with Crippen LogP contribution in [-0.4, -0.2) is 93.2 Å². The molecule has 4 rings (SSSR count). The molecule has 1 fully saturated rings. The summed E-state index contributed by atoms with van der Waals surface area (Å²) in [4.78, 5) is 45.5. The number of benzene rings is 1. The van der Waals surface area contributed by atoms with Crippen molar-refractivity contribution >= 4 is 29.2 Å². The van der Waals surface area contributed by atoms with Crippen LogP contribution in [0.15, 0.2) is 47.0 Å². The third kappa shape index (κ3) is 5.78. The number of esters is 1. The molecule has 2 aliphatic rings. The molecule has 10 nitrogen and oxygen atoms in total. The van der Waals surface area contributed by atoms with Gasteiger partial charge in [-0.25, -0.2) is 9.59 Å². The fourth-order valence-electron chi connectivity index (χ4n) is 4.78. The summed E-state index contributed by atoms with van der Waals surface area (Å²) < 4.78 is 16.3. The number of rotatable bonds is 8. The molecular weight excluding hydrogens is 508 g/mol. The highest BCUT2D eigenvalue weighted by Crippen LogP contribution is 2.36. The van der Waals surface area contributed by atoms with Crippen LogP contribution in [0, 0.1) is 0 Å². The Morgan fingerprint density at radius 3 is 2.55 bits per heavy atom. The van der Waals surface area contributed by atoms with Gasteiger partial charge in [-0.2, -0.15) is 0 Å². The SMILES string of the molecule is CCOC(=O)C1=C(CN2CCCN(C(=O)c3cccs3)CC2)N(C)C(=O)NC1c1ccc(OC)c(OC)c1. The van der Waals surface area contributed by atoms with E-state index < -0.39 is 12.0 Å². The van der Waals surface area contributed by atoms with Gasteiger partial charge in [0.2, 0.25) is 0 Å². The van der Waals surface area contributed by atoms with E-state index in [1.54, 1.807) is 39.3 Å². The number of nitrogens with one attached hydrogen (secondary N) is 1. The predicted molar refractivity (Wildman–Crippen MR) is 144 cm³/mol. The molecule has 2 aliphatic heterocycles. The zero-order valence-corrected chi connectivity index (χ0v) is 23.0. The van der Waals surface area contributed by atoms with E-state index in [1.165, 1.54) is 23.3 Å². The minimum Gasteiger partial charge on any atom is -0.493 e. The summed E-state index contributed by atoms with van der Waals surface area (Å²) in [6, 6.07) is 7.98. The van der Waals surface area contributed by atoms with Gasteiger partial charge in [-0.3, -0.25) is 14.6 Å². The van der Waals surface area contributed by atoms with Crippen molar-refractivity contribution < 1.29 is 28.6 Å². The first-order valence-electron chi connectivity index (χ1n) is 12.6. The van der Waals surface area contributed by atoms with Gasteiger partial charge in [-0.05, 0) is 42.5 Å². The molecule has 3 heterocycles. The van der Waals surface area contributed by atoms with Crippen molar-refractivity contribution in [1.29, 1.82) is 0 Å². The summed E-state index contributed by atoms with van der Waals surface area (Å²) in [5.74, 6) is 0.587. The van der Waals surface area contributed by atoms with Crippen molar-refractivity contribution in [3.8, 4) is 11.5 Å². The largest absolute Gasteiger partial charge is 0.493 e. The van der Waals surface area contributed by atoms with E-state index in [1.807, 2.05) is 22.4 Å². The highest BCUT2D eigenvalue weighted by atomic mass is 32.1. The zero-order chi connectivity index (χ0) is 27.2. The number of ether oxygens (including phenoxy) is 3. The van der Waals surface area contributed by atoms with Crippen molar-refractivity contribution in [3.05, 3.63) is 57.4 Å². The van der Waals surface area contributed by atoms with Gasteiger partial charge in [0.05, 0.1) is 37.3 Å². The van der Waals surface area contributed by atoms with Gasteiger partial charge in [0.25, 0.3) is 5.91 Å². The van der Waals surface area contributed by atoms with Crippen molar-refractivity contribution in [1.82, 2.24) is 20.0 Å². The minimum atomic E-state index is -0.726. The van der Waals surface area contributed by atoms with Gasteiger partial charge in [0.1, 0.15) is 0 Å². The minimum absolute atomic E-state index is 0.0379. The average molecular weight is 543 g/mol. The molecule has 1 aromatic heterocycles. The Balaban J connectivity index is 1.64. The molecule has 38 heavy (non-hydrogen) atoms. The monoisotopic (exact) mass is 542 g/mol. The van der Waals surface area contributed by atoms with Crippen LogP contribution in [0.4, 0.5) is 4.79 Å². The highest BCUT2D eigenvalue weighted by Gasteiger charge is 2.38. The molecule has 1 N–H and O–H groups in total. The van der Waals surface area contributed by atoms with Crippen LogP contribution in [0.3, 0.4) is 0 Å². The maximum Gasteiger partial charge on any atom is 0.338 e. The second-order valence-corrected chi connectivity index (χ2v) is 9.98. The molecule has 0 bridgehead atoms. The molecule has 11 heteroatoms.